The third kappa shape index (κ3) is 3.92. The van der Waals surface area contributed by atoms with E-state index >= 15 is 0 Å². The van der Waals surface area contributed by atoms with Crippen LogP contribution in [-0.2, 0) is 0 Å². The van der Waals surface area contributed by atoms with Crippen LogP contribution < -0.4 is 0 Å². The molecule has 94 valence electrons. The van der Waals surface area contributed by atoms with Gasteiger partial charge in [0.1, 0.15) is 0 Å². The largest absolute Gasteiger partial charge is 0.478 e. The number of pyridine rings is 1. The Morgan fingerprint density at radius 3 is 2.37 bits per heavy atom. The Balaban J connectivity index is 1.99. The lowest BCUT2D eigenvalue weighted by molar-refractivity contribution is 0.0696. The maximum Gasteiger partial charge on any atom is 0.337 e. The molecule has 0 saturated heterocycles. The molecule has 0 unspecified atom stereocenters. The van der Waals surface area contributed by atoms with Crippen LogP contribution in [0.2, 0.25) is 0 Å². The molecule has 19 heavy (non-hydrogen) atoms. The van der Waals surface area contributed by atoms with Crippen molar-refractivity contribution >= 4 is 18.1 Å². The molecule has 3 nitrogen and oxygen atoms in total. The lowest BCUT2D eigenvalue weighted by atomic mass is 10.2. The lowest BCUT2D eigenvalue weighted by Gasteiger charge is -1.94. The number of hydrogen-bond acceptors (Lipinski definition) is 2. The van der Waals surface area contributed by atoms with Gasteiger partial charge in [0.15, 0.2) is 0 Å². The summed E-state index contributed by atoms with van der Waals surface area (Å²) in [6.07, 6.45) is 8.95. The summed E-state index contributed by atoms with van der Waals surface area (Å²) in [6, 6.07) is 13.2. The minimum Gasteiger partial charge on any atom is -0.478 e. The molecule has 0 aliphatic carbocycles. The molecule has 1 N–H and O–H groups in total. The summed E-state index contributed by atoms with van der Waals surface area (Å²) in [5.41, 5.74) is 2.04. The van der Waals surface area contributed by atoms with E-state index < -0.39 is 5.97 Å². The highest BCUT2D eigenvalue weighted by molar-refractivity contribution is 5.87. The first-order chi connectivity index (χ1) is 9.25. The van der Waals surface area contributed by atoms with E-state index in [9.17, 15) is 4.79 Å². The molecular formula is C16H13NO2. The van der Waals surface area contributed by atoms with Crippen molar-refractivity contribution in [3.8, 4) is 0 Å². The van der Waals surface area contributed by atoms with E-state index in [4.69, 9.17) is 5.11 Å². The number of rotatable bonds is 4. The number of benzene rings is 1. The number of carboxylic acid groups (broad SMARTS) is 1. The van der Waals surface area contributed by atoms with Gasteiger partial charge in [0, 0.05) is 6.20 Å². The van der Waals surface area contributed by atoms with Crippen molar-refractivity contribution in [2.45, 2.75) is 0 Å². The van der Waals surface area contributed by atoms with Gasteiger partial charge in [-0.05, 0) is 23.8 Å². The monoisotopic (exact) mass is 251 g/mol. The summed E-state index contributed by atoms with van der Waals surface area (Å²) >= 11 is 0. The Morgan fingerprint density at radius 1 is 1.00 bits per heavy atom. The van der Waals surface area contributed by atoms with E-state index in [-0.39, 0.29) is 5.56 Å². The first kappa shape index (κ1) is 12.8. The molecule has 2 aromatic rings. The van der Waals surface area contributed by atoms with Gasteiger partial charge in [-0.2, -0.15) is 0 Å². The van der Waals surface area contributed by atoms with E-state index in [2.05, 4.69) is 4.98 Å². The Morgan fingerprint density at radius 2 is 1.74 bits per heavy atom. The van der Waals surface area contributed by atoms with Gasteiger partial charge in [-0.1, -0.05) is 48.6 Å². The van der Waals surface area contributed by atoms with Crippen LogP contribution in [0.5, 0.6) is 0 Å². The number of carboxylic acids is 1. The van der Waals surface area contributed by atoms with Crippen molar-refractivity contribution in [3.05, 3.63) is 77.6 Å². The Hall–Kier alpha value is -2.68. The second kappa shape index (κ2) is 6.31. The molecule has 0 aliphatic heterocycles. The van der Waals surface area contributed by atoms with Crippen molar-refractivity contribution in [1.29, 1.82) is 0 Å². The number of aromatic nitrogens is 1. The van der Waals surface area contributed by atoms with Gasteiger partial charge in [-0.15, -0.1) is 0 Å². The molecule has 2 rings (SSSR count). The van der Waals surface area contributed by atoms with Crippen molar-refractivity contribution in [3.63, 3.8) is 0 Å². The smallest absolute Gasteiger partial charge is 0.337 e. The van der Waals surface area contributed by atoms with Crippen LogP contribution in [0.25, 0.3) is 12.2 Å². The second-order valence-electron chi connectivity index (χ2n) is 3.91. The highest BCUT2D eigenvalue weighted by Gasteiger charge is 2.00. The molecule has 0 spiro atoms. The average Bonchev–Trinajstić information content (AvgIpc) is 2.45. The van der Waals surface area contributed by atoms with Crippen LogP contribution in [-0.4, -0.2) is 16.1 Å². The number of hydrogen-bond donors (Lipinski definition) is 1. The molecule has 0 amide bonds. The summed E-state index contributed by atoms with van der Waals surface area (Å²) in [5, 5.41) is 8.75. The quantitative estimate of drug-likeness (QED) is 0.846. The average molecular weight is 251 g/mol. The third-order valence-electron chi connectivity index (χ3n) is 2.50. The molecule has 0 fully saturated rings. The number of allylic oxidation sites excluding steroid dienone is 2. The van der Waals surface area contributed by atoms with E-state index in [1.165, 1.54) is 12.3 Å². The summed E-state index contributed by atoms with van der Waals surface area (Å²) in [5.74, 6) is -0.966. The van der Waals surface area contributed by atoms with E-state index in [1.54, 1.807) is 6.07 Å². The Bertz CT molecular complexity index is 598. The maximum absolute atomic E-state index is 10.7. The Kier molecular flexibility index (Phi) is 4.24. The fourth-order valence-corrected chi connectivity index (χ4v) is 1.52. The van der Waals surface area contributed by atoms with Gasteiger partial charge in [-0.3, -0.25) is 4.98 Å². The molecule has 1 aromatic heterocycles. The molecule has 0 aliphatic rings. The Labute approximate surface area is 111 Å². The minimum atomic E-state index is -0.966. The zero-order valence-electron chi connectivity index (χ0n) is 10.2. The number of carbonyl (C=O) groups is 1. The molecule has 0 atom stereocenters. The van der Waals surface area contributed by atoms with Crippen molar-refractivity contribution in [1.82, 2.24) is 4.98 Å². The lowest BCUT2D eigenvalue weighted by Crippen LogP contribution is -1.96. The van der Waals surface area contributed by atoms with Crippen LogP contribution in [0.15, 0.2) is 60.8 Å². The van der Waals surface area contributed by atoms with Crippen molar-refractivity contribution in [2.24, 2.45) is 0 Å². The maximum atomic E-state index is 10.7. The SMILES string of the molecule is O=C(O)c1ccc(/C=C/C=C/c2ccccc2)nc1. The normalized spacial score (nSPS) is 11.2. The number of aromatic carboxylic acids is 1. The fourth-order valence-electron chi connectivity index (χ4n) is 1.52. The van der Waals surface area contributed by atoms with Crippen LogP contribution in [0.1, 0.15) is 21.6 Å². The van der Waals surface area contributed by atoms with Gasteiger partial charge in [0.2, 0.25) is 0 Å². The zero-order valence-corrected chi connectivity index (χ0v) is 10.2. The molecule has 3 heteroatoms. The molecule has 0 saturated carbocycles. The van der Waals surface area contributed by atoms with E-state index in [0.29, 0.717) is 0 Å². The molecule has 0 bridgehead atoms. The standard InChI is InChI=1S/C16H13NO2/c18-16(19)14-10-11-15(17-12-14)9-5-4-8-13-6-2-1-3-7-13/h1-12H,(H,18,19)/b8-4+,9-5+. The first-order valence-electron chi connectivity index (χ1n) is 5.85. The van der Waals surface area contributed by atoms with Gasteiger partial charge in [0.25, 0.3) is 0 Å². The molecule has 1 aromatic carbocycles. The van der Waals surface area contributed by atoms with E-state index in [0.717, 1.165) is 11.3 Å². The third-order valence-corrected chi connectivity index (χ3v) is 2.50. The zero-order chi connectivity index (χ0) is 13.5. The van der Waals surface area contributed by atoms with Crippen molar-refractivity contribution < 1.29 is 9.90 Å². The summed E-state index contributed by atoms with van der Waals surface area (Å²) in [4.78, 5) is 14.7. The summed E-state index contributed by atoms with van der Waals surface area (Å²) in [7, 11) is 0. The predicted octanol–water partition coefficient (Wildman–Crippen LogP) is 3.51. The number of nitrogens with zero attached hydrogens (tertiary/aromatic N) is 1. The predicted molar refractivity (Wildman–Crippen MR) is 75.7 cm³/mol. The summed E-state index contributed by atoms with van der Waals surface area (Å²) < 4.78 is 0. The summed E-state index contributed by atoms with van der Waals surface area (Å²) in [6.45, 7) is 0. The molecule has 1 heterocycles. The first-order valence-corrected chi connectivity index (χ1v) is 5.85. The van der Waals surface area contributed by atoms with Gasteiger partial charge in [0.05, 0.1) is 11.3 Å². The highest BCUT2D eigenvalue weighted by atomic mass is 16.4. The van der Waals surface area contributed by atoms with Crippen LogP contribution >= 0.6 is 0 Å². The fraction of sp³-hybridized carbons (Fsp3) is 0. The topological polar surface area (TPSA) is 50.2 Å². The van der Waals surface area contributed by atoms with Crippen LogP contribution in [0.3, 0.4) is 0 Å². The molecule has 0 radical (unpaired) electrons. The highest BCUT2D eigenvalue weighted by Crippen LogP contribution is 2.04. The van der Waals surface area contributed by atoms with Crippen LogP contribution in [0, 0.1) is 0 Å². The van der Waals surface area contributed by atoms with E-state index in [1.807, 2.05) is 54.6 Å². The van der Waals surface area contributed by atoms with Gasteiger partial charge < -0.3 is 5.11 Å². The van der Waals surface area contributed by atoms with Crippen molar-refractivity contribution in [2.75, 3.05) is 0 Å². The minimum absolute atomic E-state index is 0.192. The van der Waals surface area contributed by atoms with Gasteiger partial charge in [-0.25, -0.2) is 4.79 Å². The van der Waals surface area contributed by atoms with Gasteiger partial charge >= 0.3 is 5.97 Å². The second-order valence-corrected chi connectivity index (χ2v) is 3.91. The molecular weight excluding hydrogens is 238 g/mol. The van der Waals surface area contributed by atoms with Crippen LogP contribution in [0.4, 0.5) is 0 Å².